The van der Waals surface area contributed by atoms with Crippen LogP contribution >= 0.6 is 11.6 Å². The van der Waals surface area contributed by atoms with Gasteiger partial charge < -0.3 is 4.90 Å². The lowest BCUT2D eigenvalue weighted by Gasteiger charge is -2.40. The van der Waals surface area contributed by atoms with Crippen molar-refractivity contribution in [2.24, 2.45) is 11.8 Å². The van der Waals surface area contributed by atoms with E-state index in [4.69, 9.17) is 11.6 Å². The standard InChI is InChI=1S/C13H18ClN3O/c1-8-4-9(2)10(3)17(7-8)13(18)11-5-16-12(14)6-15-11/h5-6,8-10H,4,7H2,1-3H3. The molecule has 18 heavy (non-hydrogen) atoms. The molecule has 3 unspecified atom stereocenters. The largest absolute Gasteiger partial charge is 0.334 e. The van der Waals surface area contributed by atoms with E-state index in [9.17, 15) is 4.79 Å². The molecule has 1 saturated heterocycles. The normalized spacial score (nSPS) is 28.2. The summed E-state index contributed by atoms with van der Waals surface area (Å²) in [6.45, 7) is 7.25. The predicted octanol–water partition coefficient (Wildman–Crippen LogP) is 2.64. The van der Waals surface area contributed by atoms with Gasteiger partial charge in [0.2, 0.25) is 0 Å². The van der Waals surface area contributed by atoms with Crippen LogP contribution in [0.1, 0.15) is 37.7 Å². The highest BCUT2D eigenvalue weighted by Crippen LogP contribution is 2.27. The van der Waals surface area contributed by atoms with Gasteiger partial charge in [0.05, 0.1) is 12.4 Å². The van der Waals surface area contributed by atoms with Gasteiger partial charge in [-0.05, 0) is 25.2 Å². The van der Waals surface area contributed by atoms with Crippen LogP contribution in [0, 0.1) is 11.8 Å². The molecule has 3 atom stereocenters. The zero-order valence-corrected chi connectivity index (χ0v) is 11.7. The Hall–Kier alpha value is -1.16. The van der Waals surface area contributed by atoms with Gasteiger partial charge in [0.1, 0.15) is 10.8 Å². The van der Waals surface area contributed by atoms with Crippen molar-refractivity contribution >= 4 is 17.5 Å². The Morgan fingerprint density at radius 1 is 1.33 bits per heavy atom. The van der Waals surface area contributed by atoms with Crippen LogP contribution in [-0.2, 0) is 0 Å². The molecule has 1 aromatic rings. The van der Waals surface area contributed by atoms with E-state index < -0.39 is 0 Å². The number of carbonyl (C=O) groups is 1. The lowest BCUT2D eigenvalue weighted by atomic mass is 9.86. The van der Waals surface area contributed by atoms with Crippen molar-refractivity contribution in [1.29, 1.82) is 0 Å². The first kappa shape index (κ1) is 13.3. The van der Waals surface area contributed by atoms with E-state index in [0.29, 0.717) is 22.7 Å². The van der Waals surface area contributed by atoms with Gasteiger partial charge in [-0.3, -0.25) is 4.79 Å². The molecule has 1 aliphatic heterocycles. The summed E-state index contributed by atoms with van der Waals surface area (Å²) in [7, 11) is 0. The molecule has 2 rings (SSSR count). The first-order valence-corrected chi connectivity index (χ1v) is 6.65. The molecule has 4 nitrogen and oxygen atoms in total. The second-order valence-corrected chi connectivity index (χ2v) is 5.63. The third-order valence-corrected chi connectivity index (χ3v) is 3.89. The number of hydrogen-bond acceptors (Lipinski definition) is 3. The maximum atomic E-state index is 12.4. The molecule has 2 heterocycles. The van der Waals surface area contributed by atoms with E-state index >= 15 is 0 Å². The molecule has 1 fully saturated rings. The molecule has 0 saturated carbocycles. The van der Waals surface area contributed by atoms with Crippen molar-refractivity contribution in [3.63, 3.8) is 0 Å². The number of aromatic nitrogens is 2. The fourth-order valence-corrected chi connectivity index (χ4v) is 2.65. The molecule has 1 aliphatic rings. The fourth-order valence-electron chi connectivity index (χ4n) is 2.55. The summed E-state index contributed by atoms with van der Waals surface area (Å²) in [5.41, 5.74) is 0.368. The van der Waals surface area contributed by atoms with Crippen LogP contribution in [0.2, 0.25) is 5.15 Å². The first-order valence-electron chi connectivity index (χ1n) is 6.27. The summed E-state index contributed by atoms with van der Waals surface area (Å²) in [6.07, 6.45) is 4.02. The number of nitrogens with zero attached hydrogens (tertiary/aromatic N) is 3. The topological polar surface area (TPSA) is 46.1 Å². The van der Waals surface area contributed by atoms with Crippen molar-refractivity contribution in [1.82, 2.24) is 14.9 Å². The molecule has 0 aromatic carbocycles. The molecule has 98 valence electrons. The van der Waals surface area contributed by atoms with Crippen LogP contribution in [0.25, 0.3) is 0 Å². The molecule has 0 N–H and O–H groups in total. The Morgan fingerprint density at radius 3 is 2.67 bits per heavy atom. The van der Waals surface area contributed by atoms with Crippen molar-refractivity contribution in [3.8, 4) is 0 Å². The number of likely N-dealkylation sites (tertiary alicyclic amines) is 1. The molecule has 0 spiro atoms. The summed E-state index contributed by atoms with van der Waals surface area (Å²) in [4.78, 5) is 22.3. The predicted molar refractivity (Wildman–Crippen MR) is 70.5 cm³/mol. The Balaban J connectivity index is 2.19. The zero-order valence-electron chi connectivity index (χ0n) is 10.9. The minimum absolute atomic E-state index is 0.0509. The van der Waals surface area contributed by atoms with Gasteiger partial charge in [-0.2, -0.15) is 0 Å². The van der Waals surface area contributed by atoms with Crippen LogP contribution < -0.4 is 0 Å². The van der Waals surface area contributed by atoms with Gasteiger partial charge in [-0.1, -0.05) is 25.4 Å². The first-order chi connectivity index (χ1) is 8.49. The Bertz CT molecular complexity index is 434. The van der Waals surface area contributed by atoms with Crippen molar-refractivity contribution < 1.29 is 4.79 Å². The quantitative estimate of drug-likeness (QED) is 0.786. The second-order valence-electron chi connectivity index (χ2n) is 5.24. The van der Waals surface area contributed by atoms with Gasteiger partial charge in [-0.25, -0.2) is 9.97 Å². The number of rotatable bonds is 1. The number of carbonyl (C=O) groups excluding carboxylic acids is 1. The van der Waals surface area contributed by atoms with Crippen LogP contribution in [0.15, 0.2) is 12.4 Å². The van der Waals surface area contributed by atoms with E-state index in [-0.39, 0.29) is 11.9 Å². The summed E-state index contributed by atoms with van der Waals surface area (Å²) in [5, 5.41) is 0.306. The molecular weight excluding hydrogens is 250 g/mol. The Kier molecular flexibility index (Phi) is 3.85. The number of amides is 1. The summed E-state index contributed by atoms with van der Waals surface area (Å²) >= 11 is 5.68. The van der Waals surface area contributed by atoms with E-state index in [1.54, 1.807) is 0 Å². The SMILES string of the molecule is CC1CC(C)C(C)N(C(=O)c2cnc(Cl)cn2)C1. The highest BCUT2D eigenvalue weighted by atomic mass is 35.5. The second kappa shape index (κ2) is 5.22. The summed E-state index contributed by atoms with van der Waals surface area (Å²) in [5.74, 6) is 0.989. The number of piperidine rings is 1. The van der Waals surface area contributed by atoms with Gasteiger partial charge in [0, 0.05) is 12.6 Å². The Labute approximate surface area is 112 Å². The summed E-state index contributed by atoms with van der Waals surface area (Å²) in [6, 6.07) is 0.242. The lowest BCUT2D eigenvalue weighted by Crippen LogP contribution is -2.49. The van der Waals surface area contributed by atoms with Crippen LogP contribution in [0.5, 0.6) is 0 Å². The lowest BCUT2D eigenvalue weighted by molar-refractivity contribution is 0.0449. The monoisotopic (exact) mass is 267 g/mol. The van der Waals surface area contributed by atoms with E-state index in [0.717, 1.165) is 13.0 Å². The molecule has 0 aliphatic carbocycles. The van der Waals surface area contributed by atoms with E-state index in [1.807, 2.05) is 4.90 Å². The molecule has 0 radical (unpaired) electrons. The Morgan fingerprint density at radius 2 is 2.06 bits per heavy atom. The minimum atomic E-state index is -0.0509. The van der Waals surface area contributed by atoms with Crippen LogP contribution in [0.4, 0.5) is 0 Å². The third kappa shape index (κ3) is 2.64. The van der Waals surface area contributed by atoms with Crippen molar-refractivity contribution in [2.75, 3.05) is 6.54 Å². The van der Waals surface area contributed by atoms with Gasteiger partial charge >= 0.3 is 0 Å². The molecule has 0 bridgehead atoms. The molecule has 1 aromatic heterocycles. The van der Waals surface area contributed by atoms with Crippen molar-refractivity contribution in [2.45, 2.75) is 33.2 Å². The fraction of sp³-hybridized carbons (Fsp3) is 0.615. The highest BCUT2D eigenvalue weighted by molar-refractivity contribution is 6.29. The van der Waals surface area contributed by atoms with E-state index in [1.165, 1.54) is 12.4 Å². The molecule has 1 amide bonds. The zero-order chi connectivity index (χ0) is 13.3. The molecule has 5 heteroatoms. The number of hydrogen-bond donors (Lipinski definition) is 0. The smallest absolute Gasteiger partial charge is 0.274 e. The molecular formula is C13H18ClN3O. The third-order valence-electron chi connectivity index (χ3n) is 3.70. The summed E-state index contributed by atoms with van der Waals surface area (Å²) < 4.78 is 0. The van der Waals surface area contributed by atoms with Crippen LogP contribution in [0.3, 0.4) is 0 Å². The van der Waals surface area contributed by atoms with Crippen molar-refractivity contribution in [3.05, 3.63) is 23.2 Å². The van der Waals surface area contributed by atoms with E-state index in [2.05, 4.69) is 30.7 Å². The van der Waals surface area contributed by atoms with Gasteiger partial charge in [-0.15, -0.1) is 0 Å². The average molecular weight is 268 g/mol. The van der Waals surface area contributed by atoms with Crippen LogP contribution in [-0.4, -0.2) is 33.4 Å². The van der Waals surface area contributed by atoms with Gasteiger partial charge in [0.25, 0.3) is 5.91 Å². The maximum Gasteiger partial charge on any atom is 0.274 e. The maximum absolute atomic E-state index is 12.4. The van der Waals surface area contributed by atoms with Gasteiger partial charge in [0.15, 0.2) is 0 Å². The highest BCUT2D eigenvalue weighted by Gasteiger charge is 2.32. The average Bonchev–Trinajstić information content (AvgIpc) is 2.34. The number of halogens is 1. The minimum Gasteiger partial charge on any atom is -0.334 e.